The second-order valence-corrected chi connectivity index (χ2v) is 4.72. The molecule has 0 unspecified atom stereocenters. The van der Waals surface area contributed by atoms with E-state index in [1.165, 1.54) is 6.07 Å². The van der Waals surface area contributed by atoms with E-state index in [0.717, 1.165) is 5.39 Å². The van der Waals surface area contributed by atoms with E-state index < -0.39 is 10.5 Å². The molecule has 4 rings (SSSR count). The van der Waals surface area contributed by atoms with E-state index in [9.17, 15) is 14.9 Å². The zero-order valence-corrected chi connectivity index (χ0v) is 10.6. The number of para-hydroxylation sites is 2. The summed E-state index contributed by atoms with van der Waals surface area (Å²) < 4.78 is 5.30. The SMILES string of the molecule is O=c1oc2ccccc2c2[nH]c3c([N+](=O)[O-])cccc3c12. The fraction of sp³-hybridized carbons (Fsp3) is 0. The van der Waals surface area contributed by atoms with Gasteiger partial charge in [-0.05, 0) is 12.1 Å². The highest BCUT2D eigenvalue weighted by Crippen LogP contribution is 2.32. The molecule has 0 fully saturated rings. The fourth-order valence-corrected chi connectivity index (χ4v) is 2.68. The van der Waals surface area contributed by atoms with Crippen molar-refractivity contribution in [3.05, 3.63) is 63.0 Å². The third kappa shape index (κ3) is 1.50. The van der Waals surface area contributed by atoms with Gasteiger partial charge in [-0.2, -0.15) is 0 Å². The highest BCUT2D eigenvalue weighted by atomic mass is 16.6. The first-order chi connectivity index (χ1) is 10.2. The number of H-pyrrole nitrogens is 1. The van der Waals surface area contributed by atoms with Crippen molar-refractivity contribution in [2.24, 2.45) is 0 Å². The highest BCUT2D eigenvalue weighted by molar-refractivity contribution is 6.16. The van der Waals surface area contributed by atoms with Crippen molar-refractivity contribution in [2.45, 2.75) is 0 Å². The van der Waals surface area contributed by atoms with Crippen molar-refractivity contribution in [1.82, 2.24) is 4.98 Å². The molecule has 0 radical (unpaired) electrons. The summed E-state index contributed by atoms with van der Waals surface area (Å²) in [6.07, 6.45) is 0. The number of nitrogens with one attached hydrogen (secondary N) is 1. The standard InChI is InChI=1S/C15H8N2O4/c18-15-12-9-5-3-6-10(17(19)20)13(9)16-14(12)8-4-1-2-7-11(8)21-15/h1-7,16H. The van der Waals surface area contributed by atoms with Crippen molar-refractivity contribution in [3.8, 4) is 0 Å². The van der Waals surface area contributed by atoms with Gasteiger partial charge in [-0.25, -0.2) is 4.79 Å². The van der Waals surface area contributed by atoms with Gasteiger partial charge in [0.05, 0.1) is 15.8 Å². The summed E-state index contributed by atoms with van der Waals surface area (Å²) >= 11 is 0. The van der Waals surface area contributed by atoms with Crippen LogP contribution in [0.25, 0.3) is 32.8 Å². The lowest BCUT2D eigenvalue weighted by Gasteiger charge is -1.96. The third-order valence-electron chi connectivity index (χ3n) is 3.57. The smallest absolute Gasteiger partial charge is 0.346 e. The number of rotatable bonds is 1. The minimum atomic E-state index is -0.504. The van der Waals surface area contributed by atoms with Crippen LogP contribution in [-0.4, -0.2) is 9.91 Å². The van der Waals surface area contributed by atoms with Crippen LogP contribution in [0, 0.1) is 10.1 Å². The van der Waals surface area contributed by atoms with Crippen molar-refractivity contribution in [3.63, 3.8) is 0 Å². The number of nitro groups is 1. The van der Waals surface area contributed by atoms with Crippen LogP contribution in [0.5, 0.6) is 0 Å². The Labute approximate surface area is 116 Å². The summed E-state index contributed by atoms with van der Waals surface area (Å²) in [5.74, 6) is 0. The predicted molar refractivity (Wildman–Crippen MR) is 78.5 cm³/mol. The van der Waals surface area contributed by atoms with E-state index in [1.807, 2.05) is 12.1 Å². The van der Waals surface area contributed by atoms with Gasteiger partial charge in [-0.1, -0.05) is 24.3 Å². The van der Waals surface area contributed by atoms with Crippen LogP contribution in [0.4, 0.5) is 5.69 Å². The minimum absolute atomic E-state index is 0.0628. The van der Waals surface area contributed by atoms with Crippen molar-refractivity contribution in [1.29, 1.82) is 0 Å². The molecule has 102 valence electrons. The van der Waals surface area contributed by atoms with E-state index in [1.54, 1.807) is 24.3 Å². The Balaban J connectivity index is 2.34. The zero-order chi connectivity index (χ0) is 14.6. The molecule has 0 saturated carbocycles. The van der Waals surface area contributed by atoms with E-state index >= 15 is 0 Å². The molecule has 0 amide bonds. The molecule has 0 aliphatic carbocycles. The third-order valence-corrected chi connectivity index (χ3v) is 3.57. The Morgan fingerprint density at radius 2 is 1.76 bits per heavy atom. The molecule has 6 heteroatoms. The molecule has 2 aromatic heterocycles. The monoisotopic (exact) mass is 280 g/mol. The number of nitrogens with zero attached hydrogens (tertiary/aromatic N) is 1. The number of aromatic nitrogens is 1. The highest BCUT2D eigenvalue weighted by Gasteiger charge is 2.19. The number of nitro benzene ring substituents is 1. The predicted octanol–water partition coefficient (Wildman–Crippen LogP) is 3.34. The summed E-state index contributed by atoms with van der Waals surface area (Å²) in [5, 5.41) is 12.7. The largest absolute Gasteiger partial charge is 0.422 e. The summed E-state index contributed by atoms with van der Waals surface area (Å²) in [4.78, 5) is 25.9. The van der Waals surface area contributed by atoms with E-state index in [0.29, 0.717) is 27.4 Å². The van der Waals surface area contributed by atoms with Crippen LogP contribution in [0.2, 0.25) is 0 Å². The lowest BCUT2D eigenvalue weighted by Crippen LogP contribution is -1.98. The normalized spacial score (nSPS) is 11.4. The first-order valence-electron chi connectivity index (χ1n) is 6.27. The average molecular weight is 280 g/mol. The number of fused-ring (bicyclic) bond motifs is 5. The first-order valence-corrected chi connectivity index (χ1v) is 6.27. The summed E-state index contributed by atoms with van der Waals surface area (Å²) in [6, 6.07) is 11.7. The van der Waals surface area contributed by atoms with Gasteiger partial charge >= 0.3 is 5.63 Å². The van der Waals surface area contributed by atoms with E-state index in [4.69, 9.17) is 4.42 Å². The maximum atomic E-state index is 12.2. The molecule has 2 aromatic carbocycles. The average Bonchev–Trinajstić information content (AvgIpc) is 2.87. The molecule has 6 nitrogen and oxygen atoms in total. The molecule has 2 heterocycles. The van der Waals surface area contributed by atoms with Crippen LogP contribution < -0.4 is 5.63 Å². The maximum Gasteiger partial charge on any atom is 0.346 e. The van der Waals surface area contributed by atoms with Crippen LogP contribution in [0.3, 0.4) is 0 Å². The molecule has 4 aromatic rings. The van der Waals surface area contributed by atoms with Gasteiger partial charge in [-0.3, -0.25) is 10.1 Å². The molecule has 0 atom stereocenters. The Bertz CT molecular complexity index is 1090. The van der Waals surface area contributed by atoms with Crippen LogP contribution in [0.1, 0.15) is 0 Å². The summed E-state index contributed by atoms with van der Waals surface area (Å²) in [7, 11) is 0. The summed E-state index contributed by atoms with van der Waals surface area (Å²) in [5.41, 5.74) is 0.777. The molecule has 0 saturated heterocycles. The molecule has 0 aliphatic rings. The quantitative estimate of drug-likeness (QED) is 0.329. The number of benzene rings is 2. The van der Waals surface area contributed by atoms with Crippen molar-refractivity contribution < 1.29 is 9.34 Å². The molecular formula is C15H8N2O4. The van der Waals surface area contributed by atoms with Gasteiger partial charge in [0.1, 0.15) is 11.1 Å². The Morgan fingerprint density at radius 3 is 2.57 bits per heavy atom. The summed E-state index contributed by atoms with van der Waals surface area (Å²) in [6.45, 7) is 0. The van der Waals surface area contributed by atoms with Gasteiger partial charge in [-0.15, -0.1) is 0 Å². The lowest BCUT2D eigenvalue weighted by molar-refractivity contribution is -0.383. The number of non-ortho nitro benzene ring substituents is 1. The van der Waals surface area contributed by atoms with E-state index in [-0.39, 0.29) is 5.69 Å². The molecule has 21 heavy (non-hydrogen) atoms. The zero-order valence-electron chi connectivity index (χ0n) is 10.6. The maximum absolute atomic E-state index is 12.2. The number of aromatic amines is 1. The van der Waals surface area contributed by atoms with Gasteiger partial charge in [0, 0.05) is 16.8 Å². The Kier molecular flexibility index (Phi) is 2.18. The fourth-order valence-electron chi connectivity index (χ4n) is 2.68. The van der Waals surface area contributed by atoms with E-state index in [2.05, 4.69) is 4.98 Å². The Morgan fingerprint density at radius 1 is 1.00 bits per heavy atom. The van der Waals surface area contributed by atoms with Crippen molar-refractivity contribution in [2.75, 3.05) is 0 Å². The lowest BCUT2D eigenvalue weighted by atomic mass is 10.1. The van der Waals surface area contributed by atoms with Crippen LogP contribution in [0.15, 0.2) is 51.7 Å². The molecule has 0 spiro atoms. The molecule has 0 bridgehead atoms. The first kappa shape index (κ1) is 11.7. The molecule has 0 aliphatic heterocycles. The van der Waals surface area contributed by atoms with Gasteiger partial charge < -0.3 is 9.40 Å². The van der Waals surface area contributed by atoms with Crippen molar-refractivity contribution >= 4 is 38.5 Å². The molecular weight excluding hydrogens is 272 g/mol. The number of hydrogen-bond donors (Lipinski definition) is 1. The Hall–Kier alpha value is -3.15. The van der Waals surface area contributed by atoms with Gasteiger partial charge in [0.2, 0.25) is 0 Å². The second-order valence-electron chi connectivity index (χ2n) is 4.72. The van der Waals surface area contributed by atoms with Crippen LogP contribution in [-0.2, 0) is 0 Å². The molecule has 1 N–H and O–H groups in total. The van der Waals surface area contributed by atoms with Gasteiger partial charge in [0.15, 0.2) is 0 Å². The second kappa shape index (κ2) is 3.92. The topological polar surface area (TPSA) is 89.1 Å². The van der Waals surface area contributed by atoms with Gasteiger partial charge in [0.25, 0.3) is 5.69 Å². The van der Waals surface area contributed by atoms with Crippen LogP contribution >= 0.6 is 0 Å². The minimum Gasteiger partial charge on any atom is -0.422 e. The number of hydrogen-bond acceptors (Lipinski definition) is 4.